The molecule has 3 heterocycles. The van der Waals surface area contributed by atoms with Crippen molar-refractivity contribution in [2.24, 2.45) is 0 Å². The minimum Gasteiger partial charge on any atom is -0.279 e. The standard InChI is InChI=1S/C23H18N4OS/c28-21-16-29-23(27(21)20-13-7-8-14-24-20)19-15-26(18-11-5-2-6-12-18)25-22(19)17-9-3-1-4-10-17/h1-15,23H,16H2. The van der Waals surface area contributed by atoms with Gasteiger partial charge >= 0.3 is 0 Å². The highest BCUT2D eigenvalue weighted by atomic mass is 32.2. The van der Waals surface area contributed by atoms with E-state index < -0.39 is 0 Å². The van der Waals surface area contributed by atoms with E-state index in [0.29, 0.717) is 11.6 Å². The number of hydrogen-bond donors (Lipinski definition) is 0. The first-order valence-corrected chi connectivity index (χ1v) is 10.4. The van der Waals surface area contributed by atoms with Gasteiger partial charge in [0.25, 0.3) is 0 Å². The average Bonchev–Trinajstić information content (AvgIpc) is 3.39. The van der Waals surface area contributed by atoms with Crippen LogP contribution in [-0.2, 0) is 4.79 Å². The monoisotopic (exact) mass is 398 g/mol. The third-order valence-electron chi connectivity index (χ3n) is 4.84. The second-order valence-corrected chi connectivity index (χ2v) is 7.76. The van der Waals surface area contributed by atoms with Crippen LogP contribution in [0.25, 0.3) is 16.9 Å². The highest BCUT2D eigenvalue weighted by Gasteiger charge is 2.37. The summed E-state index contributed by atoms with van der Waals surface area (Å²) in [6.07, 6.45) is 3.75. The Kier molecular flexibility index (Phi) is 4.62. The van der Waals surface area contributed by atoms with Crippen LogP contribution in [0.1, 0.15) is 10.9 Å². The van der Waals surface area contributed by atoms with E-state index in [-0.39, 0.29) is 11.3 Å². The summed E-state index contributed by atoms with van der Waals surface area (Å²) < 4.78 is 1.89. The molecular formula is C23H18N4OS. The number of amides is 1. The fourth-order valence-corrected chi connectivity index (χ4v) is 4.67. The van der Waals surface area contributed by atoms with Crippen molar-refractivity contribution >= 4 is 23.5 Å². The van der Waals surface area contributed by atoms with Crippen molar-refractivity contribution < 1.29 is 4.79 Å². The lowest BCUT2D eigenvalue weighted by Gasteiger charge is -2.22. The molecule has 1 unspecified atom stereocenters. The predicted molar refractivity (Wildman–Crippen MR) is 116 cm³/mol. The number of anilines is 1. The van der Waals surface area contributed by atoms with Crippen LogP contribution in [-0.4, -0.2) is 26.4 Å². The second kappa shape index (κ2) is 7.56. The molecule has 0 bridgehead atoms. The van der Waals surface area contributed by atoms with E-state index >= 15 is 0 Å². The van der Waals surface area contributed by atoms with E-state index in [1.54, 1.807) is 22.9 Å². The van der Waals surface area contributed by atoms with Crippen molar-refractivity contribution in [1.82, 2.24) is 14.8 Å². The fraction of sp³-hybridized carbons (Fsp3) is 0.0870. The Morgan fingerprint density at radius 3 is 2.34 bits per heavy atom. The molecule has 5 rings (SSSR count). The van der Waals surface area contributed by atoms with Crippen LogP contribution < -0.4 is 4.90 Å². The van der Waals surface area contributed by atoms with Crippen molar-refractivity contribution in [2.75, 3.05) is 10.7 Å². The molecule has 0 aliphatic carbocycles. The number of hydrogen-bond acceptors (Lipinski definition) is 4. The molecule has 2 aromatic heterocycles. The summed E-state index contributed by atoms with van der Waals surface area (Å²) in [5, 5.41) is 4.72. The summed E-state index contributed by atoms with van der Waals surface area (Å²) >= 11 is 1.61. The summed E-state index contributed by atoms with van der Waals surface area (Å²) in [5.74, 6) is 1.15. The summed E-state index contributed by atoms with van der Waals surface area (Å²) in [4.78, 5) is 18.9. The van der Waals surface area contributed by atoms with Crippen LogP contribution in [0.2, 0.25) is 0 Å². The molecule has 1 fully saturated rings. The van der Waals surface area contributed by atoms with E-state index in [4.69, 9.17) is 5.10 Å². The number of carbonyl (C=O) groups is 1. The van der Waals surface area contributed by atoms with Gasteiger partial charge in [0.05, 0.1) is 17.1 Å². The van der Waals surface area contributed by atoms with Crippen molar-refractivity contribution in [3.05, 3.63) is 96.8 Å². The molecule has 0 spiro atoms. The zero-order chi connectivity index (χ0) is 19.6. The Morgan fingerprint density at radius 1 is 0.897 bits per heavy atom. The lowest BCUT2D eigenvalue weighted by atomic mass is 10.1. The Morgan fingerprint density at radius 2 is 1.62 bits per heavy atom. The molecule has 4 aromatic rings. The molecule has 0 saturated carbocycles. The maximum atomic E-state index is 12.7. The third kappa shape index (κ3) is 3.32. The molecule has 2 aromatic carbocycles. The highest BCUT2D eigenvalue weighted by molar-refractivity contribution is 8.00. The summed E-state index contributed by atoms with van der Waals surface area (Å²) in [6, 6.07) is 25.8. The van der Waals surface area contributed by atoms with Gasteiger partial charge in [0, 0.05) is 23.5 Å². The van der Waals surface area contributed by atoms with E-state index in [0.717, 1.165) is 22.5 Å². The maximum Gasteiger partial charge on any atom is 0.239 e. The number of rotatable bonds is 4. The van der Waals surface area contributed by atoms with Crippen LogP contribution in [0.5, 0.6) is 0 Å². The molecule has 1 aliphatic rings. The largest absolute Gasteiger partial charge is 0.279 e. The number of thioether (sulfide) groups is 1. The van der Waals surface area contributed by atoms with Gasteiger partial charge < -0.3 is 0 Å². The molecule has 29 heavy (non-hydrogen) atoms. The molecule has 1 aliphatic heterocycles. The Bertz CT molecular complexity index is 1130. The van der Waals surface area contributed by atoms with E-state index in [2.05, 4.69) is 4.98 Å². The zero-order valence-corrected chi connectivity index (χ0v) is 16.4. The average molecular weight is 398 g/mol. The molecule has 6 heteroatoms. The molecule has 1 amide bonds. The second-order valence-electron chi connectivity index (χ2n) is 6.69. The number of pyridine rings is 1. The van der Waals surface area contributed by atoms with Crippen molar-refractivity contribution in [2.45, 2.75) is 5.37 Å². The van der Waals surface area contributed by atoms with Gasteiger partial charge in [-0.15, -0.1) is 11.8 Å². The Labute approximate surface area is 173 Å². The molecule has 1 saturated heterocycles. The van der Waals surface area contributed by atoms with Gasteiger partial charge in [-0.1, -0.05) is 54.6 Å². The maximum absolute atomic E-state index is 12.7. The normalized spacial score (nSPS) is 16.3. The van der Waals surface area contributed by atoms with E-state index in [1.165, 1.54) is 0 Å². The first-order chi connectivity index (χ1) is 14.3. The van der Waals surface area contributed by atoms with E-state index in [9.17, 15) is 4.79 Å². The number of para-hydroxylation sites is 1. The third-order valence-corrected chi connectivity index (χ3v) is 6.03. The number of benzene rings is 2. The molecule has 5 nitrogen and oxygen atoms in total. The number of carbonyl (C=O) groups excluding carboxylic acids is 1. The molecular weight excluding hydrogens is 380 g/mol. The van der Waals surface area contributed by atoms with Crippen LogP contribution >= 0.6 is 11.8 Å². The smallest absolute Gasteiger partial charge is 0.239 e. The number of aromatic nitrogens is 3. The first kappa shape index (κ1) is 17.7. The topological polar surface area (TPSA) is 51.0 Å². The molecule has 1 atom stereocenters. The van der Waals surface area contributed by atoms with Crippen LogP contribution in [0.3, 0.4) is 0 Å². The highest BCUT2D eigenvalue weighted by Crippen LogP contribution is 2.44. The van der Waals surface area contributed by atoms with Gasteiger partial charge in [-0.3, -0.25) is 9.69 Å². The van der Waals surface area contributed by atoms with Crippen LogP contribution in [0.15, 0.2) is 91.3 Å². The van der Waals surface area contributed by atoms with Gasteiger partial charge in [-0.2, -0.15) is 5.10 Å². The minimum absolute atomic E-state index is 0.0603. The van der Waals surface area contributed by atoms with Crippen molar-refractivity contribution in [3.8, 4) is 16.9 Å². The fourth-order valence-electron chi connectivity index (χ4n) is 3.50. The molecule has 142 valence electrons. The van der Waals surface area contributed by atoms with Gasteiger partial charge in [-0.25, -0.2) is 9.67 Å². The van der Waals surface area contributed by atoms with E-state index in [1.807, 2.05) is 89.7 Å². The Balaban J connectivity index is 1.65. The van der Waals surface area contributed by atoms with Crippen molar-refractivity contribution in [3.63, 3.8) is 0 Å². The SMILES string of the molecule is O=C1CSC(c2cn(-c3ccccc3)nc2-c2ccccc2)N1c1ccccn1. The van der Waals surface area contributed by atoms with Crippen LogP contribution in [0, 0.1) is 0 Å². The summed E-state index contributed by atoms with van der Waals surface area (Å²) in [5.41, 5.74) is 3.89. The van der Waals surface area contributed by atoms with Gasteiger partial charge in [0.2, 0.25) is 5.91 Å². The predicted octanol–water partition coefficient (Wildman–Crippen LogP) is 4.71. The van der Waals surface area contributed by atoms with Crippen molar-refractivity contribution in [1.29, 1.82) is 0 Å². The number of nitrogens with zero attached hydrogens (tertiary/aromatic N) is 4. The lowest BCUT2D eigenvalue weighted by molar-refractivity contribution is -0.115. The lowest BCUT2D eigenvalue weighted by Crippen LogP contribution is -2.28. The van der Waals surface area contributed by atoms with Gasteiger partial charge in [0.15, 0.2) is 0 Å². The summed E-state index contributed by atoms with van der Waals surface area (Å²) in [7, 11) is 0. The van der Waals surface area contributed by atoms with Gasteiger partial charge in [0.1, 0.15) is 11.2 Å². The molecule has 0 radical (unpaired) electrons. The zero-order valence-electron chi connectivity index (χ0n) is 15.6. The molecule has 0 N–H and O–H groups in total. The Hall–Kier alpha value is -3.38. The van der Waals surface area contributed by atoms with Gasteiger partial charge in [-0.05, 0) is 24.3 Å². The van der Waals surface area contributed by atoms with Crippen LogP contribution in [0.4, 0.5) is 5.82 Å². The minimum atomic E-state index is -0.176. The summed E-state index contributed by atoms with van der Waals surface area (Å²) in [6.45, 7) is 0. The quantitative estimate of drug-likeness (QED) is 0.499. The first-order valence-electron chi connectivity index (χ1n) is 9.36.